The maximum absolute atomic E-state index is 11.8. The number of hydrogen-bond donors (Lipinski definition) is 2. The van der Waals surface area contributed by atoms with Crippen LogP contribution in [0.4, 0.5) is 19.6 Å². The number of rotatable bonds is 3. The molecule has 0 amide bonds. The van der Waals surface area contributed by atoms with Gasteiger partial charge in [-0.2, -0.15) is 9.64 Å². The van der Waals surface area contributed by atoms with E-state index in [0.717, 1.165) is 11.5 Å². The van der Waals surface area contributed by atoms with Gasteiger partial charge in [-0.1, -0.05) is 0 Å². The first-order chi connectivity index (χ1) is 6.15. The van der Waals surface area contributed by atoms with Gasteiger partial charge < -0.3 is 11.1 Å². The van der Waals surface area contributed by atoms with E-state index in [1.807, 2.05) is 0 Å². The van der Waals surface area contributed by atoms with E-state index in [-0.39, 0.29) is 11.4 Å². The molecular weight excluding hydrogens is 198 g/mol. The molecule has 0 saturated carbocycles. The first kappa shape index (κ1) is 9.67. The Morgan fingerprint density at radius 3 is 2.92 bits per heavy atom. The molecule has 4 nitrogen and oxygen atoms in total. The van der Waals surface area contributed by atoms with Crippen molar-refractivity contribution in [3.05, 3.63) is 5.56 Å². The van der Waals surface area contributed by atoms with Crippen LogP contribution in [-0.4, -0.2) is 17.3 Å². The fourth-order valence-corrected chi connectivity index (χ4v) is 1.37. The molecule has 70 valence electrons. The lowest BCUT2D eigenvalue weighted by Gasteiger charge is -2.00. The predicted octanol–water partition coefficient (Wildman–Crippen LogP) is 1.27. The maximum Gasteiger partial charge on any atom is 0.255 e. The van der Waals surface area contributed by atoms with E-state index in [1.54, 1.807) is 6.07 Å². The van der Waals surface area contributed by atoms with Gasteiger partial charge in [0.05, 0.1) is 6.54 Å². The lowest BCUT2D eigenvalue weighted by atomic mass is 10.3. The second-order valence-corrected chi connectivity index (χ2v) is 2.93. The number of halogens is 2. The first-order valence-electron chi connectivity index (χ1n) is 3.32. The van der Waals surface area contributed by atoms with Crippen molar-refractivity contribution in [1.82, 2.24) is 4.37 Å². The van der Waals surface area contributed by atoms with Crippen LogP contribution in [-0.2, 0) is 0 Å². The fourth-order valence-electron chi connectivity index (χ4n) is 0.701. The highest BCUT2D eigenvalue weighted by atomic mass is 32.1. The third-order valence-corrected chi connectivity index (χ3v) is 2.07. The van der Waals surface area contributed by atoms with Gasteiger partial charge in [-0.25, -0.2) is 8.78 Å². The number of nitrogens with two attached hydrogens (primary N) is 1. The number of nitrogens with one attached hydrogen (secondary N) is 1. The molecule has 3 N–H and O–H groups in total. The molecule has 0 aliphatic carbocycles. The van der Waals surface area contributed by atoms with E-state index >= 15 is 0 Å². The molecule has 7 heteroatoms. The number of nitrogen functional groups attached to an aromatic ring is 1. The van der Waals surface area contributed by atoms with Crippen LogP contribution in [0.1, 0.15) is 5.56 Å². The van der Waals surface area contributed by atoms with E-state index in [4.69, 9.17) is 11.0 Å². The van der Waals surface area contributed by atoms with Crippen molar-refractivity contribution in [2.45, 2.75) is 6.43 Å². The summed E-state index contributed by atoms with van der Waals surface area (Å²) >= 11 is 0.901. The van der Waals surface area contributed by atoms with Crippen molar-refractivity contribution in [2.24, 2.45) is 0 Å². The molecule has 1 heterocycles. The smallest absolute Gasteiger partial charge is 0.255 e. The van der Waals surface area contributed by atoms with E-state index in [1.165, 1.54) is 0 Å². The quantitative estimate of drug-likeness (QED) is 0.777. The van der Waals surface area contributed by atoms with Gasteiger partial charge in [0.2, 0.25) is 0 Å². The number of hydrogen-bond acceptors (Lipinski definition) is 5. The standard InChI is InChI=1S/C6H6F2N4S/c7-4(8)2-11-6-3(1-9)5(10)12-13-6/h4,11H,2H2,(H2,10,12). The summed E-state index contributed by atoms with van der Waals surface area (Å²) in [7, 11) is 0. The molecule has 0 aliphatic rings. The molecule has 0 radical (unpaired) electrons. The summed E-state index contributed by atoms with van der Waals surface area (Å²) in [6.07, 6.45) is -2.46. The van der Waals surface area contributed by atoms with Crippen LogP contribution in [0.5, 0.6) is 0 Å². The minimum absolute atomic E-state index is 0.0734. The van der Waals surface area contributed by atoms with E-state index in [2.05, 4.69) is 9.69 Å². The molecule has 0 spiro atoms. The third kappa shape index (κ3) is 2.26. The van der Waals surface area contributed by atoms with Crippen LogP contribution < -0.4 is 11.1 Å². The molecule has 0 fully saturated rings. The minimum atomic E-state index is -2.46. The average molecular weight is 204 g/mol. The van der Waals surface area contributed by atoms with Crippen LogP contribution in [0.25, 0.3) is 0 Å². The van der Waals surface area contributed by atoms with Crippen molar-refractivity contribution < 1.29 is 8.78 Å². The Morgan fingerprint density at radius 1 is 1.69 bits per heavy atom. The van der Waals surface area contributed by atoms with Gasteiger partial charge in [0, 0.05) is 0 Å². The summed E-state index contributed by atoms with van der Waals surface area (Å²) in [5, 5.41) is 11.2. The Hall–Kier alpha value is -1.42. The summed E-state index contributed by atoms with van der Waals surface area (Å²) in [5.41, 5.74) is 5.44. The van der Waals surface area contributed by atoms with Gasteiger partial charge in [0.25, 0.3) is 6.43 Å². The molecule has 13 heavy (non-hydrogen) atoms. The zero-order chi connectivity index (χ0) is 9.84. The topological polar surface area (TPSA) is 74.7 Å². The van der Waals surface area contributed by atoms with E-state index in [0.29, 0.717) is 5.00 Å². The second kappa shape index (κ2) is 4.00. The number of nitrogens with zero attached hydrogens (tertiary/aromatic N) is 2. The largest absolute Gasteiger partial charge is 0.382 e. The zero-order valence-corrected chi connectivity index (χ0v) is 7.24. The monoisotopic (exact) mass is 204 g/mol. The van der Waals surface area contributed by atoms with Crippen molar-refractivity contribution in [3.63, 3.8) is 0 Å². The van der Waals surface area contributed by atoms with Crippen molar-refractivity contribution >= 4 is 22.4 Å². The lowest BCUT2D eigenvalue weighted by molar-refractivity contribution is 0.163. The van der Waals surface area contributed by atoms with Gasteiger partial charge in [0.15, 0.2) is 5.82 Å². The molecule has 1 aromatic rings. The summed E-state index contributed by atoms with van der Waals surface area (Å²) in [4.78, 5) is 0. The highest BCUT2D eigenvalue weighted by Crippen LogP contribution is 2.25. The molecule has 0 saturated heterocycles. The Morgan fingerprint density at radius 2 is 2.38 bits per heavy atom. The van der Waals surface area contributed by atoms with Crippen LogP contribution in [0.2, 0.25) is 0 Å². The van der Waals surface area contributed by atoms with Crippen LogP contribution in [0, 0.1) is 11.3 Å². The number of alkyl halides is 2. The number of aromatic nitrogens is 1. The first-order valence-corrected chi connectivity index (χ1v) is 4.09. The van der Waals surface area contributed by atoms with Crippen LogP contribution in [0.15, 0.2) is 0 Å². The average Bonchev–Trinajstić information content (AvgIpc) is 2.42. The van der Waals surface area contributed by atoms with Crippen LogP contribution in [0.3, 0.4) is 0 Å². The Balaban J connectivity index is 2.73. The fraction of sp³-hybridized carbons (Fsp3) is 0.333. The number of anilines is 2. The normalized spacial score (nSPS) is 10.0. The Labute approximate surface area is 77.1 Å². The van der Waals surface area contributed by atoms with Crippen molar-refractivity contribution in [2.75, 3.05) is 17.6 Å². The summed E-state index contributed by atoms with van der Waals surface area (Å²) < 4.78 is 27.2. The van der Waals surface area contributed by atoms with E-state index in [9.17, 15) is 8.78 Å². The summed E-state index contributed by atoms with van der Waals surface area (Å²) in [5.74, 6) is 0.0734. The predicted molar refractivity (Wildman–Crippen MR) is 45.7 cm³/mol. The SMILES string of the molecule is N#Cc1c(N)nsc1NCC(F)F. The zero-order valence-electron chi connectivity index (χ0n) is 6.42. The number of nitriles is 1. The molecule has 0 bridgehead atoms. The summed E-state index contributed by atoms with van der Waals surface area (Å²) in [6.45, 7) is -0.504. The van der Waals surface area contributed by atoms with Crippen molar-refractivity contribution in [1.29, 1.82) is 5.26 Å². The Bertz CT molecular complexity index is 330. The Kier molecular flexibility index (Phi) is 2.97. The molecule has 0 aliphatic heterocycles. The minimum Gasteiger partial charge on any atom is -0.382 e. The van der Waals surface area contributed by atoms with Gasteiger partial charge >= 0.3 is 0 Å². The third-order valence-electron chi connectivity index (χ3n) is 1.25. The second-order valence-electron chi connectivity index (χ2n) is 2.16. The molecule has 1 rings (SSSR count). The van der Waals surface area contributed by atoms with E-state index < -0.39 is 13.0 Å². The van der Waals surface area contributed by atoms with Gasteiger partial charge in [0.1, 0.15) is 16.6 Å². The van der Waals surface area contributed by atoms with Gasteiger partial charge in [-0.05, 0) is 11.5 Å². The maximum atomic E-state index is 11.8. The molecular formula is C6H6F2N4S. The highest BCUT2D eigenvalue weighted by molar-refractivity contribution is 7.10. The molecule has 0 unspecified atom stereocenters. The lowest BCUT2D eigenvalue weighted by Crippen LogP contribution is -2.09. The van der Waals surface area contributed by atoms with Crippen LogP contribution >= 0.6 is 11.5 Å². The van der Waals surface area contributed by atoms with Crippen molar-refractivity contribution in [3.8, 4) is 6.07 Å². The highest BCUT2D eigenvalue weighted by Gasteiger charge is 2.11. The molecule has 1 aromatic heterocycles. The summed E-state index contributed by atoms with van der Waals surface area (Å²) in [6, 6.07) is 1.78. The molecule has 0 atom stereocenters. The van der Waals surface area contributed by atoms with Gasteiger partial charge in [-0.15, -0.1) is 0 Å². The van der Waals surface area contributed by atoms with Gasteiger partial charge in [-0.3, -0.25) is 0 Å². The molecule has 0 aromatic carbocycles.